The van der Waals surface area contributed by atoms with Crippen molar-refractivity contribution in [2.75, 3.05) is 20.2 Å². The minimum absolute atomic E-state index is 0.00391. The number of methoxy groups -OCH3 is 1. The number of piperidine rings is 1. The third-order valence-electron chi connectivity index (χ3n) is 4.01. The summed E-state index contributed by atoms with van der Waals surface area (Å²) in [5.41, 5.74) is 6.07. The van der Waals surface area contributed by atoms with E-state index in [1.165, 1.54) is 25.3 Å². The van der Waals surface area contributed by atoms with Crippen molar-refractivity contribution < 1.29 is 13.9 Å². The van der Waals surface area contributed by atoms with Gasteiger partial charge in [0.15, 0.2) is 0 Å². The van der Waals surface area contributed by atoms with Crippen molar-refractivity contribution in [3.05, 3.63) is 29.6 Å². The lowest BCUT2D eigenvalue weighted by Crippen LogP contribution is -2.51. The number of benzene rings is 1. The molecule has 2 N–H and O–H groups in total. The van der Waals surface area contributed by atoms with Gasteiger partial charge in [0.05, 0.1) is 12.7 Å². The molecule has 2 atom stereocenters. The first-order chi connectivity index (χ1) is 9.58. The highest BCUT2D eigenvalue weighted by Gasteiger charge is 2.32. The van der Waals surface area contributed by atoms with Crippen LogP contribution in [0.5, 0.6) is 5.75 Å². The number of likely N-dealkylation sites (tertiary alicyclic amines) is 1. The molecule has 110 valence electrons. The number of ether oxygens (including phenoxy) is 1. The Balaban J connectivity index is 2.32. The summed E-state index contributed by atoms with van der Waals surface area (Å²) in [5, 5.41) is 0. The lowest BCUT2D eigenvalue weighted by Gasteiger charge is -2.39. The second-order valence-electron chi connectivity index (χ2n) is 5.27. The Kier molecular flexibility index (Phi) is 4.60. The fourth-order valence-electron chi connectivity index (χ4n) is 2.86. The first kappa shape index (κ1) is 14.8. The minimum atomic E-state index is -0.441. The third-order valence-corrected chi connectivity index (χ3v) is 4.01. The zero-order valence-electron chi connectivity index (χ0n) is 11.9. The van der Waals surface area contributed by atoms with Crippen molar-refractivity contribution in [2.45, 2.75) is 25.8 Å². The minimum Gasteiger partial charge on any atom is -0.496 e. The van der Waals surface area contributed by atoms with Crippen molar-refractivity contribution >= 4 is 5.91 Å². The van der Waals surface area contributed by atoms with E-state index < -0.39 is 5.82 Å². The quantitative estimate of drug-likeness (QED) is 0.921. The van der Waals surface area contributed by atoms with Gasteiger partial charge in [-0.15, -0.1) is 0 Å². The summed E-state index contributed by atoms with van der Waals surface area (Å²) in [5.74, 6) is 0.106. The molecule has 0 bridgehead atoms. The Morgan fingerprint density at radius 3 is 2.95 bits per heavy atom. The number of carbonyl (C=O) groups excluding carboxylic acids is 1. The summed E-state index contributed by atoms with van der Waals surface area (Å²) in [7, 11) is 1.48. The Hall–Kier alpha value is -1.62. The number of nitrogens with zero attached hydrogens (tertiary/aromatic N) is 1. The molecular weight excluding hydrogens is 259 g/mol. The van der Waals surface area contributed by atoms with Crippen LogP contribution in [0.25, 0.3) is 0 Å². The molecule has 0 radical (unpaired) electrons. The number of halogens is 1. The Bertz CT molecular complexity index is 493. The molecule has 1 aromatic rings. The maximum atomic E-state index is 13.4. The van der Waals surface area contributed by atoms with Gasteiger partial charge in [-0.25, -0.2) is 4.39 Å². The van der Waals surface area contributed by atoms with Crippen molar-refractivity contribution in [1.29, 1.82) is 0 Å². The van der Waals surface area contributed by atoms with Gasteiger partial charge in [-0.05, 0) is 37.0 Å². The molecule has 0 spiro atoms. The first-order valence-corrected chi connectivity index (χ1v) is 6.93. The molecule has 20 heavy (non-hydrogen) atoms. The van der Waals surface area contributed by atoms with E-state index >= 15 is 0 Å². The van der Waals surface area contributed by atoms with Crippen LogP contribution in [0.3, 0.4) is 0 Å². The van der Waals surface area contributed by atoms with Crippen LogP contribution < -0.4 is 10.5 Å². The first-order valence-electron chi connectivity index (χ1n) is 6.93. The van der Waals surface area contributed by atoms with Gasteiger partial charge >= 0.3 is 0 Å². The molecule has 0 aliphatic carbocycles. The smallest absolute Gasteiger partial charge is 0.258 e. The van der Waals surface area contributed by atoms with Crippen LogP contribution in [-0.4, -0.2) is 37.0 Å². The summed E-state index contributed by atoms with van der Waals surface area (Å²) in [6.45, 7) is 3.18. The molecule has 1 fully saturated rings. The van der Waals surface area contributed by atoms with E-state index in [0.717, 1.165) is 12.8 Å². The highest BCUT2D eigenvalue weighted by Crippen LogP contribution is 2.27. The monoisotopic (exact) mass is 280 g/mol. The molecule has 1 heterocycles. The van der Waals surface area contributed by atoms with E-state index in [9.17, 15) is 9.18 Å². The largest absolute Gasteiger partial charge is 0.496 e. The topological polar surface area (TPSA) is 55.6 Å². The molecule has 1 saturated heterocycles. The maximum Gasteiger partial charge on any atom is 0.258 e. The van der Waals surface area contributed by atoms with E-state index in [2.05, 4.69) is 6.92 Å². The van der Waals surface area contributed by atoms with Crippen molar-refractivity contribution in [2.24, 2.45) is 11.7 Å². The molecule has 5 heteroatoms. The zero-order valence-corrected chi connectivity index (χ0v) is 11.9. The van der Waals surface area contributed by atoms with Gasteiger partial charge in [-0.3, -0.25) is 4.79 Å². The van der Waals surface area contributed by atoms with Gasteiger partial charge in [0.25, 0.3) is 5.91 Å². The molecular formula is C15H21FN2O2. The van der Waals surface area contributed by atoms with E-state index in [1.807, 2.05) is 0 Å². The molecule has 1 amide bonds. The van der Waals surface area contributed by atoms with E-state index in [0.29, 0.717) is 24.8 Å². The van der Waals surface area contributed by atoms with Crippen LogP contribution in [0.2, 0.25) is 0 Å². The fraction of sp³-hybridized carbons (Fsp3) is 0.533. The Morgan fingerprint density at radius 1 is 1.55 bits per heavy atom. The zero-order chi connectivity index (χ0) is 14.7. The molecule has 0 saturated carbocycles. The second-order valence-corrected chi connectivity index (χ2v) is 5.27. The van der Waals surface area contributed by atoms with E-state index in [4.69, 9.17) is 10.5 Å². The second kappa shape index (κ2) is 6.22. The van der Waals surface area contributed by atoms with E-state index in [-0.39, 0.29) is 17.5 Å². The number of rotatable bonds is 3. The van der Waals surface area contributed by atoms with Crippen molar-refractivity contribution in [3.8, 4) is 5.75 Å². The molecule has 2 rings (SSSR count). The van der Waals surface area contributed by atoms with Gasteiger partial charge in [0, 0.05) is 19.1 Å². The van der Waals surface area contributed by atoms with Gasteiger partial charge in [0.1, 0.15) is 11.6 Å². The van der Waals surface area contributed by atoms with Crippen LogP contribution >= 0.6 is 0 Å². The van der Waals surface area contributed by atoms with Gasteiger partial charge in [-0.1, -0.05) is 6.92 Å². The maximum absolute atomic E-state index is 13.4. The summed E-state index contributed by atoms with van der Waals surface area (Å²) in [4.78, 5) is 14.4. The van der Waals surface area contributed by atoms with Crippen LogP contribution in [0.15, 0.2) is 18.2 Å². The average molecular weight is 280 g/mol. The Morgan fingerprint density at radius 2 is 2.30 bits per heavy atom. The van der Waals surface area contributed by atoms with Crippen LogP contribution in [0, 0.1) is 11.7 Å². The number of carbonyl (C=O) groups is 1. The number of hydrogen-bond acceptors (Lipinski definition) is 3. The van der Waals surface area contributed by atoms with Gasteiger partial charge < -0.3 is 15.4 Å². The van der Waals surface area contributed by atoms with E-state index in [1.54, 1.807) is 4.90 Å². The average Bonchev–Trinajstić information content (AvgIpc) is 2.46. The van der Waals surface area contributed by atoms with Crippen LogP contribution in [-0.2, 0) is 0 Å². The predicted molar refractivity (Wildman–Crippen MR) is 75.2 cm³/mol. The highest BCUT2D eigenvalue weighted by atomic mass is 19.1. The summed E-state index contributed by atoms with van der Waals surface area (Å²) >= 11 is 0. The van der Waals surface area contributed by atoms with Crippen molar-refractivity contribution in [1.82, 2.24) is 4.90 Å². The predicted octanol–water partition coefficient (Wildman–Crippen LogP) is 2.03. The molecule has 1 aliphatic rings. The molecule has 4 nitrogen and oxygen atoms in total. The normalized spacial score (nSPS) is 22.7. The third kappa shape index (κ3) is 2.77. The summed E-state index contributed by atoms with van der Waals surface area (Å²) < 4.78 is 18.6. The summed E-state index contributed by atoms with van der Waals surface area (Å²) in [6.07, 6.45) is 2.01. The molecule has 1 aliphatic heterocycles. The van der Waals surface area contributed by atoms with Crippen LogP contribution in [0.1, 0.15) is 30.1 Å². The number of hydrogen-bond donors (Lipinski definition) is 1. The summed E-state index contributed by atoms with van der Waals surface area (Å²) in [6, 6.07) is 4.00. The lowest BCUT2D eigenvalue weighted by atomic mass is 9.90. The molecule has 0 aromatic heterocycles. The number of amides is 1. The van der Waals surface area contributed by atoms with Gasteiger partial charge in [-0.2, -0.15) is 0 Å². The standard InChI is InChI=1S/C15H21FN2O2/c1-10-4-3-7-18(13(10)9-17)15(19)12-8-11(16)5-6-14(12)20-2/h5-6,8,10,13H,3-4,7,9,17H2,1-2H3. The van der Waals surface area contributed by atoms with Gasteiger partial charge in [0.2, 0.25) is 0 Å². The SMILES string of the molecule is COc1ccc(F)cc1C(=O)N1CCCC(C)C1CN. The molecule has 2 unspecified atom stereocenters. The van der Waals surface area contributed by atoms with Crippen LogP contribution in [0.4, 0.5) is 4.39 Å². The Labute approximate surface area is 118 Å². The fourth-order valence-corrected chi connectivity index (χ4v) is 2.86. The molecule has 1 aromatic carbocycles. The highest BCUT2D eigenvalue weighted by molar-refractivity contribution is 5.97. The van der Waals surface area contributed by atoms with Crippen molar-refractivity contribution in [3.63, 3.8) is 0 Å². The lowest BCUT2D eigenvalue weighted by molar-refractivity contribution is 0.0529. The number of nitrogens with two attached hydrogens (primary N) is 1.